The number of carboxylic acids is 1. The van der Waals surface area contributed by atoms with E-state index in [4.69, 9.17) is 10.4 Å². The van der Waals surface area contributed by atoms with Crippen molar-refractivity contribution in [3.63, 3.8) is 0 Å². The summed E-state index contributed by atoms with van der Waals surface area (Å²) in [5.74, 6) is -2.54. The van der Waals surface area contributed by atoms with Crippen molar-refractivity contribution in [2.75, 3.05) is 7.11 Å². The molecule has 0 saturated heterocycles. The van der Waals surface area contributed by atoms with Crippen LogP contribution in [0.5, 0.6) is 5.75 Å². The molecule has 1 aromatic carbocycles. The molecule has 0 aliphatic heterocycles. The average molecular weight is 225 g/mol. The third-order valence-corrected chi connectivity index (χ3v) is 1.97. The van der Waals surface area contributed by atoms with Gasteiger partial charge in [-0.2, -0.15) is 5.26 Å². The summed E-state index contributed by atoms with van der Waals surface area (Å²) in [5, 5.41) is 26.6. The Labute approximate surface area is 90.3 Å². The topological polar surface area (TPSA) is 90.6 Å². The molecule has 1 rings (SSSR count). The number of halogens is 1. The molecule has 0 amide bonds. The van der Waals surface area contributed by atoms with Crippen molar-refractivity contribution in [2.24, 2.45) is 0 Å². The number of aliphatic carboxylic acids is 1. The predicted octanol–water partition coefficient (Wildman–Crippen LogP) is 0.824. The van der Waals surface area contributed by atoms with Crippen LogP contribution in [0, 0.1) is 17.1 Å². The van der Waals surface area contributed by atoms with E-state index in [2.05, 4.69) is 4.74 Å². The molecule has 0 bridgehead atoms. The summed E-state index contributed by atoms with van der Waals surface area (Å²) in [6, 6.07) is 3.42. The van der Waals surface area contributed by atoms with E-state index in [0.717, 1.165) is 12.1 Å². The molecule has 1 aromatic rings. The van der Waals surface area contributed by atoms with Gasteiger partial charge in [-0.15, -0.1) is 0 Å². The van der Waals surface area contributed by atoms with E-state index in [1.54, 1.807) is 6.07 Å². The van der Waals surface area contributed by atoms with Crippen molar-refractivity contribution in [1.29, 1.82) is 5.26 Å². The zero-order valence-corrected chi connectivity index (χ0v) is 8.27. The van der Waals surface area contributed by atoms with Gasteiger partial charge in [-0.25, -0.2) is 9.18 Å². The second-order valence-electron chi connectivity index (χ2n) is 2.93. The summed E-state index contributed by atoms with van der Waals surface area (Å²) in [7, 11) is 1.20. The lowest BCUT2D eigenvalue weighted by Crippen LogP contribution is -2.12. The minimum absolute atomic E-state index is 0.201. The molecule has 0 fully saturated rings. The van der Waals surface area contributed by atoms with Gasteiger partial charge in [0.2, 0.25) is 0 Å². The molecule has 5 nitrogen and oxygen atoms in total. The van der Waals surface area contributed by atoms with Crippen LogP contribution in [0.15, 0.2) is 12.1 Å². The third kappa shape index (κ3) is 2.10. The first kappa shape index (κ1) is 11.9. The van der Waals surface area contributed by atoms with Crippen LogP contribution < -0.4 is 4.74 Å². The van der Waals surface area contributed by atoms with E-state index in [0.29, 0.717) is 0 Å². The SMILES string of the molecule is COc1cc(C(O)C(=O)O)c(C#N)cc1F. The maximum atomic E-state index is 13.2. The molecule has 1 atom stereocenters. The van der Waals surface area contributed by atoms with Crippen LogP contribution in [0.3, 0.4) is 0 Å². The van der Waals surface area contributed by atoms with Gasteiger partial charge in [0.15, 0.2) is 17.7 Å². The van der Waals surface area contributed by atoms with Crippen molar-refractivity contribution in [3.8, 4) is 11.8 Å². The van der Waals surface area contributed by atoms with Crippen LogP contribution in [0.4, 0.5) is 4.39 Å². The number of aliphatic hydroxyl groups is 1. The number of nitrogens with zero attached hydrogens (tertiary/aromatic N) is 1. The quantitative estimate of drug-likeness (QED) is 0.794. The zero-order valence-electron chi connectivity index (χ0n) is 8.27. The van der Waals surface area contributed by atoms with Gasteiger partial charge in [0, 0.05) is 5.56 Å². The van der Waals surface area contributed by atoms with Crippen molar-refractivity contribution < 1.29 is 24.1 Å². The number of carbonyl (C=O) groups is 1. The number of methoxy groups -OCH3 is 1. The van der Waals surface area contributed by atoms with Crippen LogP contribution in [-0.2, 0) is 4.79 Å². The van der Waals surface area contributed by atoms with Crippen LogP contribution >= 0.6 is 0 Å². The van der Waals surface area contributed by atoms with E-state index in [1.165, 1.54) is 7.11 Å². The highest BCUT2D eigenvalue weighted by atomic mass is 19.1. The van der Waals surface area contributed by atoms with Crippen molar-refractivity contribution >= 4 is 5.97 Å². The molecule has 0 aromatic heterocycles. The van der Waals surface area contributed by atoms with Crippen molar-refractivity contribution in [1.82, 2.24) is 0 Å². The van der Waals surface area contributed by atoms with Crippen LogP contribution in [-0.4, -0.2) is 23.3 Å². The van der Waals surface area contributed by atoms with Crippen molar-refractivity contribution in [3.05, 3.63) is 29.1 Å². The number of aliphatic hydroxyl groups excluding tert-OH is 1. The van der Waals surface area contributed by atoms with Crippen LogP contribution in [0.2, 0.25) is 0 Å². The number of hydrogen-bond donors (Lipinski definition) is 2. The molecule has 2 N–H and O–H groups in total. The normalized spacial score (nSPS) is 11.6. The lowest BCUT2D eigenvalue weighted by Gasteiger charge is -2.10. The largest absolute Gasteiger partial charge is 0.494 e. The Morgan fingerprint density at radius 2 is 2.25 bits per heavy atom. The third-order valence-electron chi connectivity index (χ3n) is 1.97. The van der Waals surface area contributed by atoms with Crippen LogP contribution in [0.1, 0.15) is 17.2 Å². The fourth-order valence-corrected chi connectivity index (χ4v) is 1.18. The molecule has 0 heterocycles. The highest BCUT2D eigenvalue weighted by molar-refractivity contribution is 5.75. The maximum Gasteiger partial charge on any atom is 0.337 e. The Kier molecular flexibility index (Phi) is 3.43. The minimum atomic E-state index is -1.89. The van der Waals surface area contributed by atoms with E-state index >= 15 is 0 Å². The van der Waals surface area contributed by atoms with E-state index in [9.17, 15) is 14.3 Å². The van der Waals surface area contributed by atoms with Gasteiger partial charge in [0.1, 0.15) is 0 Å². The average Bonchev–Trinajstić information content (AvgIpc) is 2.27. The Bertz CT molecular complexity index is 467. The van der Waals surface area contributed by atoms with E-state index < -0.39 is 17.9 Å². The fraction of sp³-hybridized carbons (Fsp3) is 0.200. The standard InChI is InChI=1S/C10H8FNO4/c1-16-8-3-6(9(13)10(14)15)5(4-12)2-7(8)11/h2-3,9,13H,1H3,(H,14,15). The highest BCUT2D eigenvalue weighted by Crippen LogP contribution is 2.26. The van der Waals surface area contributed by atoms with Gasteiger partial charge in [-0.1, -0.05) is 0 Å². The van der Waals surface area contributed by atoms with Gasteiger partial charge < -0.3 is 14.9 Å². The minimum Gasteiger partial charge on any atom is -0.494 e. The summed E-state index contributed by atoms with van der Waals surface area (Å²) in [4.78, 5) is 10.6. The molecule has 0 aliphatic rings. The monoisotopic (exact) mass is 225 g/mol. The first-order valence-electron chi connectivity index (χ1n) is 4.19. The fourth-order valence-electron chi connectivity index (χ4n) is 1.18. The molecule has 0 saturated carbocycles. The number of ether oxygens (including phenoxy) is 1. The van der Waals surface area contributed by atoms with Gasteiger partial charge in [-0.3, -0.25) is 0 Å². The number of nitriles is 1. The lowest BCUT2D eigenvalue weighted by atomic mass is 10.0. The van der Waals surface area contributed by atoms with E-state index in [-0.39, 0.29) is 16.9 Å². The summed E-state index contributed by atoms with van der Waals surface area (Å²) >= 11 is 0. The summed E-state index contributed by atoms with van der Waals surface area (Å²) < 4.78 is 17.8. The van der Waals surface area contributed by atoms with Gasteiger partial charge in [0.05, 0.1) is 18.7 Å². The first-order chi connectivity index (χ1) is 7.51. The number of carboxylic acid groups (broad SMARTS) is 1. The first-order valence-corrected chi connectivity index (χ1v) is 4.19. The molecular formula is C10H8FNO4. The smallest absolute Gasteiger partial charge is 0.337 e. The Hall–Kier alpha value is -2.13. The molecule has 1 unspecified atom stereocenters. The zero-order chi connectivity index (χ0) is 12.3. The molecule has 0 aliphatic carbocycles. The van der Waals surface area contributed by atoms with Gasteiger partial charge >= 0.3 is 5.97 Å². The Morgan fingerprint density at radius 1 is 1.62 bits per heavy atom. The second kappa shape index (κ2) is 4.59. The number of rotatable bonds is 3. The molecule has 0 radical (unpaired) electrons. The highest BCUT2D eigenvalue weighted by Gasteiger charge is 2.22. The molecular weight excluding hydrogens is 217 g/mol. The maximum absolute atomic E-state index is 13.2. The summed E-state index contributed by atoms with van der Waals surface area (Å²) in [6.07, 6.45) is -1.89. The van der Waals surface area contributed by atoms with Crippen molar-refractivity contribution in [2.45, 2.75) is 6.10 Å². The molecule has 16 heavy (non-hydrogen) atoms. The Balaban J connectivity index is 3.37. The number of hydrogen-bond acceptors (Lipinski definition) is 4. The summed E-state index contributed by atoms with van der Waals surface area (Å²) in [5.41, 5.74) is -0.443. The second-order valence-corrected chi connectivity index (χ2v) is 2.93. The Morgan fingerprint density at radius 3 is 2.69 bits per heavy atom. The van der Waals surface area contributed by atoms with Gasteiger partial charge in [-0.05, 0) is 12.1 Å². The van der Waals surface area contributed by atoms with Gasteiger partial charge in [0.25, 0.3) is 0 Å². The lowest BCUT2D eigenvalue weighted by molar-refractivity contribution is -0.146. The molecule has 6 heteroatoms. The van der Waals surface area contributed by atoms with E-state index in [1.807, 2.05) is 0 Å². The predicted molar refractivity (Wildman–Crippen MR) is 50.3 cm³/mol. The molecule has 0 spiro atoms. The number of benzene rings is 1. The molecule has 84 valence electrons. The summed E-state index contributed by atoms with van der Waals surface area (Å²) in [6.45, 7) is 0. The van der Waals surface area contributed by atoms with Crippen LogP contribution in [0.25, 0.3) is 0 Å².